The molecule has 2 nitrogen and oxygen atoms in total. The quantitative estimate of drug-likeness (QED) is 0.440. The Bertz CT molecular complexity index is 414. The van der Waals surface area contributed by atoms with Gasteiger partial charge in [0.25, 0.3) is 0 Å². The first-order chi connectivity index (χ1) is 7.65. The minimum absolute atomic E-state index is 0.294. The number of ether oxygens (including phenoxy) is 1. The summed E-state index contributed by atoms with van der Waals surface area (Å²) in [5.74, 6) is -0.294. The smallest absolute Gasteiger partial charge is 0.333 e. The van der Waals surface area contributed by atoms with Crippen molar-refractivity contribution in [3.05, 3.63) is 53.6 Å². The van der Waals surface area contributed by atoms with Gasteiger partial charge in [-0.3, -0.25) is 0 Å². The van der Waals surface area contributed by atoms with Crippen LogP contribution in [0.15, 0.2) is 48.1 Å². The minimum Gasteiger partial charge on any atom is -0.466 e. The second-order valence-electron chi connectivity index (χ2n) is 3.56. The van der Waals surface area contributed by atoms with Gasteiger partial charge in [0.05, 0.1) is 7.11 Å². The zero-order valence-electron chi connectivity index (χ0n) is 9.86. The molecule has 0 aromatic heterocycles. The lowest BCUT2D eigenvalue weighted by atomic mass is 10.1. The first-order valence-corrected chi connectivity index (χ1v) is 5.14. The molecular formula is C14H16O2. The van der Waals surface area contributed by atoms with Gasteiger partial charge >= 0.3 is 5.97 Å². The number of methoxy groups -OCH3 is 1. The SMILES string of the molecule is COC(=O)C(C)=CC=C(C)c1ccccc1. The second-order valence-corrected chi connectivity index (χ2v) is 3.56. The molecule has 0 heterocycles. The molecule has 0 aliphatic carbocycles. The van der Waals surface area contributed by atoms with Crippen LogP contribution in [0.1, 0.15) is 19.4 Å². The highest BCUT2D eigenvalue weighted by atomic mass is 16.5. The van der Waals surface area contributed by atoms with Crippen molar-refractivity contribution >= 4 is 11.5 Å². The highest BCUT2D eigenvalue weighted by molar-refractivity contribution is 5.88. The van der Waals surface area contributed by atoms with Crippen molar-refractivity contribution in [3.63, 3.8) is 0 Å². The van der Waals surface area contributed by atoms with E-state index in [1.807, 2.05) is 43.3 Å². The van der Waals surface area contributed by atoms with Crippen molar-refractivity contribution in [2.75, 3.05) is 7.11 Å². The fourth-order valence-corrected chi connectivity index (χ4v) is 1.28. The van der Waals surface area contributed by atoms with Gasteiger partial charge in [0.15, 0.2) is 0 Å². The van der Waals surface area contributed by atoms with Crippen molar-refractivity contribution in [3.8, 4) is 0 Å². The number of hydrogen-bond acceptors (Lipinski definition) is 2. The van der Waals surface area contributed by atoms with E-state index in [0.717, 1.165) is 11.1 Å². The molecule has 1 aromatic carbocycles. The van der Waals surface area contributed by atoms with Crippen LogP contribution in [0.2, 0.25) is 0 Å². The lowest BCUT2D eigenvalue weighted by molar-refractivity contribution is -0.136. The van der Waals surface area contributed by atoms with Crippen molar-refractivity contribution in [2.45, 2.75) is 13.8 Å². The van der Waals surface area contributed by atoms with Gasteiger partial charge in [0.2, 0.25) is 0 Å². The number of hydrogen-bond donors (Lipinski definition) is 0. The third kappa shape index (κ3) is 3.39. The molecule has 0 bridgehead atoms. The van der Waals surface area contributed by atoms with Crippen LogP contribution in [0, 0.1) is 0 Å². The maximum atomic E-state index is 11.1. The van der Waals surface area contributed by atoms with Gasteiger partial charge in [-0.15, -0.1) is 0 Å². The largest absolute Gasteiger partial charge is 0.466 e. The van der Waals surface area contributed by atoms with E-state index in [1.54, 1.807) is 13.0 Å². The molecule has 0 amide bonds. The average molecular weight is 216 g/mol. The van der Waals surface area contributed by atoms with Gasteiger partial charge in [0, 0.05) is 5.57 Å². The molecule has 1 rings (SSSR count). The van der Waals surface area contributed by atoms with Crippen LogP contribution in [-0.2, 0) is 9.53 Å². The van der Waals surface area contributed by atoms with Crippen LogP contribution < -0.4 is 0 Å². The Balaban J connectivity index is 2.83. The molecule has 1 aromatic rings. The van der Waals surface area contributed by atoms with Gasteiger partial charge in [-0.2, -0.15) is 0 Å². The second kappa shape index (κ2) is 5.91. The summed E-state index contributed by atoms with van der Waals surface area (Å²) >= 11 is 0. The van der Waals surface area contributed by atoms with Gasteiger partial charge in [-0.1, -0.05) is 42.5 Å². The highest BCUT2D eigenvalue weighted by Gasteiger charge is 2.00. The van der Waals surface area contributed by atoms with E-state index < -0.39 is 0 Å². The maximum absolute atomic E-state index is 11.1. The van der Waals surface area contributed by atoms with Crippen molar-refractivity contribution < 1.29 is 9.53 Å². The van der Waals surface area contributed by atoms with E-state index in [9.17, 15) is 4.79 Å². The molecule has 0 spiro atoms. The molecule has 0 aliphatic rings. The first-order valence-electron chi connectivity index (χ1n) is 5.14. The van der Waals surface area contributed by atoms with E-state index >= 15 is 0 Å². The van der Waals surface area contributed by atoms with Gasteiger partial charge in [-0.25, -0.2) is 4.79 Å². The Morgan fingerprint density at radius 3 is 2.31 bits per heavy atom. The first kappa shape index (κ1) is 12.2. The number of allylic oxidation sites excluding steroid dienone is 3. The average Bonchev–Trinajstić information content (AvgIpc) is 2.35. The summed E-state index contributed by atoms with van der Waals surface area (Å²) in [6.45, 7) is 3.75. The molecule has 16 heavy (non-hydrogen) atoms. The van der Waals surface area contributed by atoms with Crippen LogP contribution in [0.4, 0.5) is 0 Å². The minimum atomic E-state index is -0.294. The molecule has 84 valence electrons. The van der Waals surface area contributed by atoms with Crippen LogP contribution in [0.5, 0.6) is 0 Å². The zero-order chi connectivity index (χ0) is 12.0. The van der Waals surface area contributed by atoms with Crippen LogP contribution >= 0.6 is 0 Å². The van der Waals surface area contributed by atoms with Crippen LogP contribution in [0.3, 0.4) is 0 Å². The molecule has 0 aliphatic heterocycles. The van der Waals surface area contributed by atoms with Gasteiger partial charge in [-0.05, 0) is 25.0 Å². The summed E-state index contributed by atoms with van der Waals surface area (Å²) in [6, 6.07) is 10.0. The van der Waals surface area contributed by atoms with Gasteiger partial charge in [0.1, 0.15) is 0 Å². The normalized spacial score (nSPS) is 12.4. The molecule has 0 unspecified atom stereocenters. The Kier molecular flexibility index (Phi) is 4.52. The maximum Gasteiger partial charge on any atom is 0.333 e. The Morgan fingerprint density at radius 1 is 1.12 bits per heavy atom. The molecule has 0 fully saturated rings. The molecule has 0 N–H and O–H groups in total. The summed E-state index contributed by atoms with van der Waals surface area (Å²) < 4.78 is 4.61. The molecule has 0 saturated carbocycles. The molecular weight excluding hydrogens is 200 g/mol. The summed E-state index contributed by atoms with van der Waals surface area (Å²) in [6.07, 6.45) is 3.69. The lowest BCUT2D eigenvalue weighted by Gasteiger charge is -2.00. The fourth-order valence-electron chi connectivity index (χ4n) is 1.28. The number of carbonyl (C=O) groups excluding carboxylic acids is 1. The van der Waals surface area contributed by atoms with E-state index in [2.05, 4.69) is 4.74 Å². The summed E-state index contributed by atoms with van der Waals surface area (Å²) in [7, 11) is 1.38. The standard InChI is InChI=1S/C14H16O2/c1-11(13-7-5-4-6-8-13)9-10-12(2)14(15)16-3/h4-10H,1-3H3. The molecule has 2 heteroatoms. The fraction of sp³-hybridized carbons (Fsp3) is 0.214. The Hall–Kier alpha value is -1.83. The van der Waals surface area contributed by atoms with Crippen molar-refractivity contribution in [2.24, 2.45) is 0 Å². The number of benzene rings is 1. The highest BCUT2D eigenvalue weighted by Crippen LogP contribution is 2.13. The summed E-state index contributed by atoms with van der Waals surface area (Å²) in [4.78, 5) is 11.1. The summed E-state index contributed by atoms with van der Waals surface area (Å²) in [5.41, 5.74) is 2.86. The molecule has 0 saturated heterocycles. The lowest BCUT2D eigenvalue weighted by Crippen LogP contribution is -2.00. The monoisotopic (exact) mass is 216 g/mol. The Labute approximate surface area is 96.2 Å². The van der Waals surface area contributed by atoms with Crippen LogP contribution in [-0.4, -0.2) is 13.1 Å². The predicted octanol–water partition coefficient (Wildman–Crippen LogP) is 3.21. The van der Waals surface area contributed by atoms with E-state index in [4.69, 9.17) is 0 Å². The molecule has 0 atom stereocenters. The van der Waals surface area contributed by atoms with E-state index in [0.29, 0.717) is 5.57 Å². The predicted molar refractivity (Wildman–Crippen MR) is 65.9 cm³/mol. The Morgan fingerprint density at radius 2 is 1.75 bits per heavy atom. The third-order valence-corrected chi connectivity index (χ3v) is 2.32. The number of rotatable bonds is 3. The molecule has 0 radical (unpaired) electrons. The van der Waals surface area contributed by atoms with E-state index in [-0.39, 0.29) is 5.97 Å². The van der Waals surface area contributed by atoms with E-state index in [1.165, 1.54) is 7.11 Å². The summed E-state index contributed by atoms with van der Waals surface area (Å²) in [5, 5.41) is 0. The zero-order valence-corrected chi connectivity index (χ0v) is 9.86. The van der Waals surface area contributed by atoms with Gasteiger partial charge < -0.3 is 4.74 Å². The number of carbonyl (C=O) groups is 1. The van der Waals surface area contributed by atoms with Crippen molar-refractivity contribution in [1.82, 2.24) is 0 Å². The third-order valence-electron chi connectivity index (χ3n) is 2.32. The van der Waals surface area contributed by atoms with Crippen molar-refractivity contribution in [1.29, 1.82) is 0 Å². The number of esters is 1. The van der Waals surface area contributed by atoms with Crippen LogP contribution in [0.25, 0.3) is 5.57 Å². The topological polar surface area (TPSA) is 26.3 Å².